The van der Waals surface area contributed by atoms with Gasteiger partial charge in [0.1, 0.15) is 0 Å². The maximum absolute atomic E-state index is 12.0. The molecular formula is C11H20N2O. The SMILES string of the molecule is CN(C(=O)[C@@H]1CCNC1)C1CCCC1. The zero-order chi connectivity index (χ0) is 9.97. The Morgan fingerprint density at radius 2 is 2.00 bits per heavy atom. The average molecular weight is 196 g/mol. The summed E-state index contributed by atoms with van der Waals surface area (Å²) >= 11 is 0. The van der Waals surface area contributed by atoms with Gasteiger partial charge < -0.3 is 10.2 Å². The Hall–Kier alpha value is -0.570. The lowest BCUT2D eigenvalue weighted by atomic mass is 10.1. The van der Waals surface area contributed by atoms with Crippen LogP contribution < -0.4 is 5.32 Å². The molecule has 0 spiro atoms. The van der Waals surface area contributed by atoms with Crippen LogP contribution in [0, 0.1) is 5.92 Å². The third-order valence-corrected chi connectivity index (χ3v) is 3.63. The summed E-state index contributed by atoms with van der Waals surface area (Å²) in [5.74, 6) is 0.613. The maximum Gasteiger partial charge on any atom is 0.227 e. The quantitative estimate of drug-likeness (QED) is 0.714. The van der Waals surface area contributed by atoms with Crippen LogP contribution in [0.25, 0.3) is 0 Å². The molecule has 1 heterocycles. The van der Waals surface area contributed by atoms with Gasteiger partial charge in [-0.05, 0) is 25.8 Å². The Morgan fingerprint density at radius 3 is 2.57 bits per heavy atom. The summed E-state index contributed by atoms with van der Waals surface area (Å²) in [6.45, 7) is 1.89. The number of hydrogen-bond donors (Lipinski definition) is 1. The molecule has 2 aliphatic rings. The third kappa shape index (κ3) is 1.92. The summed E-state index contributed by atoms with van der Waals surface area (Å²) in [6, 6.07) is 0.531. The molecule has 0 radical (unpaired) electrons. The van der Waals surface area contributed by atoms with Gasteiger partial charge >= 0.3 is 0 Å². The number of amides is 1. The number of nitrogens with one attached hydrogen (secondary N) is 1. The Balaban J connectivity index is 1.89. The highest BCUT2D eigenvalue weighted by molar-refractivity contribution is 5.79. The van der Waals surface area contributed by atoms with E-state index in [2.05, 4.69) is 5.32 Å². The molecule has 1 aliphatic heterocycles. The van der Waals surface area contributed by atoms with Gasteiger partial charge in [0, 0.05) is 19.6 Å². The second-order valence-electron chi connectivity index (χ2n) is 4.58. The van der Waals surface area contributed by atoms with Crippen LogP contribution in [0.5, 0.6) is 0 Å². The van der Waals surface area contributed by atoms with E-state index in [-0.39, 0.29) is 5.92 Å². The molecule has 14 heavy (non-hydrogen) atoms. The molecule has 0 unspecified atom stereocenters. The molecule has 0 aromatic heterocycles. The van der Waals surface area contributed by atoms with Crippen LogP contribution in [0.15, 0.2) is 0 Å². The van der Waals surface area contributed by atoms with Crippen molar-refractivity contribution in [2.24, 2.45) is 5.92 Å². The van der Waals surface area contributed by atoms with E-state index >= 15 is 0 Å². The Kier molecular flexibility index (Phi) is 3.06. The molecule has 80 valence electrons. The van der Waals surface area contributed by atoms with Gasteiger partial charge in [-0.2, -0.15) is 0 Å². The minimum atomic E-state index is 0.251. The third-order valence-electron chi connectivity index (χ3n) is 3.63. The monoisotopic (exact) mass is 196 g/mol. The molecule has 1 saturated carbocycles. The van der Waals surface area contributed by atoms with Gasteiger partial charge in [0.2, 0.25) is 5.91 Å². The van der Waals surface area contributed by atoms with E-state index in [0.29, 0.717) is 11.9 Å². The van der Waals surface area contributed by atoms with E-state index in [0.717, 1.165) is 19.5 Å². The van der Waals surface area contributed by atoms with E-state index in [9.17, 15) is 4.79 Å². The standard InChI is InChI=1S/C11H20N2O/c1-13(10-4-2-3-5-10)11(14)9-6-7-12-8-9/h9-10,12H,2-8H2,1H3/t9-/m1/s1. The highest BCUT2D eigenvalue weighted by Gasteiger charge is 2.30. The van der Waals surface area contributed by atoms with Crippen molar-refractivity contribution in [3.05, 3.63) is 0 Å². The van der Waals surface area contributed by atoms with Crippen LogP contribution >= 0.6 is 0 Å². The highest BCUT2D eigenvalue weighted by Crippen LogP contribution is 2.24. The van der Waals surface area contributed by atoms with Gasteiger partial charge in [-0.15, -0.1) is 0 Å². The summed E-state index contributed by atoms with van der Waals surface area (Å²) in [5.41, 5.74) is 0. The van der Waals surface area contributed by atoms with Crippen molar-refractivity contribution in [1.82, 2.24) is 10.2 Å². The van der Waals surface area contributed by atoms with Crippen molar-refractivity contribution >= 4 is 5.91 Å². The normalized spacial score (nSPS) is 28.2. The summed E-state index contributed by atoms with van der Waals surface area (Å²) in [4.78, 5) is 14.0. The Bertz CT molecular complexity index is 205. The summed E-state index contributed by atoms with van der Waals surface area (Å²) in [7, 11) is 1.98. The molecule has 0 aromatic carbocycles. The number of carbonyl (C=O) groups is 1. The minimum absolute atomic E-state index is 0.251. The van der Waals surface area contributed by atoms with Gasteiger partial charge in [-0.3, -0.25) is 4.79 Å². The van der Waals surface area contributed by atoms with Crippen LogP contribution in [0.3, 0.4) is 0 Å². The molecule has 0 bridgehead atoms. The van der Waals surface area contributed by atoms with E-state index < -0.39 is 0 Å². The summed E-state index contributed by atoms with van der Waals surface area (Å²) in [6.07, 6.45) is 6.04. The summed E-state index contributed by atoms with van der Waals surface area (Å²) in [5, 5.41) is 3.25. The smallest absolute Gasteiger partial charge is 0.227 e. The molecule has 1 saturated heterocycles. The van der Waals surface area contributed by atoms with Gasteiger partial charge in [0.15, 0.2) is 0 Å². The fraction of sp³-hybridized carbons (Fsp3) is 0.909. The van der Waals surface area contributed by atoms with Crippen LogP contribution in [0.1, 0.15) is 32.1 Å². The molecule has 3 heteroatoms. The van der Waals surface area contributed by atoms with E-state index in [1.54, 1.807) is 0 Å². The highest BCUT2D eigenvalue weighted by atomic mass is 16.2. The molecule has 1 atom stereocenters. The number of carbonyl (C=O) groups excluding carboxylic acids is 1. The fourth-order valence-corrected chi connectivity index (χ4v) is 2.62. The second kappa shape index (κ2) is 4.30. The second-order valence-corrected chi connectivity index (χ2v) is 4.58. The zero-order valence-electron chi connectivity index (χ0n) is 8.96. The molecular weight excluding hydrogens is 176 g/mol. The lowest BCUT2D eigenvalue weighted by molar-refractivity contribution is -0.135. The topological polar surface area (TPSA) is 32.3 Å². The van der Waals surface area contributed by atoms with Crippen molar-refractivity contribution in [3.63, 3.8) is 0 Å². The number of rotatable bonds is 2. The van der Waals surface area contributed by atoms with Gasteiger partial charge in [-0.25, -0.2) is 0 Å². The van der Waals surface area contributed by atoms with Crippen LogP contribution in [-0.4, -0.2) is 37.0 Å². The molecule has 1 amide bonds. The van der Waals surface area contributed by atoms with Crippen molar-refractivity contribution in [2.45, 2.75) is 38.1 Å². The number of nitrogens with zero attached hydrogens (tertiary/aromatic N) is 1. The van der Waals surface area contributed by atoms with Crippen LogP contribution in [-0.2, 0) is 4.79 Å². The van der Waals surface area contributed by atoms with Crippen LogP contribution in [0.4, 0.5) is 0 Å². The molecule has 1 aliphatic carbocycles. The van der Waals surface area contributed by atoms with Crippen molar-refractivity contribution < 1.29 is 4.79 Å². The van der Waals surface area contributed by atoms with Gasteiger partial charge in [-0.1, -0.05) is 12.8 Å². The van der Waals surface area contributed by atoms with E-state index in [1.165, 1.54) is 25.7 Å². The fourth-order valence-electron chi connectivity index (χ4n) is 2.62. The average Bonchev–Trinajstić information content (AvgIpc) is 2.87. The van der Waals surface area contributed by atoms with Crippen molar-refractivity contribution in [1.29, 1.82) is 0 Å². The van der Waals surface area contributed by atoms with Gasteiger partial charge in [0.05, 0.1) is 5.92 Å². The molecule has 2 rings (SSSR count). The lowest BCUT2D eigenvalue weighted by Gasteiger charge is -2.26. The molecule has 3 nitrogen and oxygen atoms in total. The Labute approximate surface area is 85.8 Å². The first-order chi connectivity index (χ1) is 6.79. The first-order valence-electron chi connectivity index (χ1n) is 5.76. The van der Waals surface area contributed by atoms with Crippen molar-refractivity contribution in [2.75, 3.05) is 20.1 Å². The maximum atomic E-state index is 12.0. The van der Waals surface area contributed by atoms with Gasteiger partial charge in [0.25, 0.3) is 0 Å². The molecule has 2 fully saturated rings. The summed E-state index contributed by atoms with van der Waals surface area (Å²) < 4.78 is 0. The lowest BCUT2D eigenvalue weighted by Crippen LogP contribution is -2.40. The predicted molar refractivity (Wildman–Crippen MR) is 56.0 cm³/mol. The van der Waals surface area contributed by atoms with E-state index in [4.69, 9.17) is 0 Å². The zero-order valence-corrected chi connectivity index (χ0v) is 8.96. The first kappa shape index (κ1) is 9.97. The van der Waals surface area contributed by atoms with E-state index in [1.807, 2.05) is 11.9 Å². The Morgan fingerprint density at radius 1 is 1.29 bits per heavy atom. The van der Waals surface area contributed by atoms with Crippen LogP contribution in [0.2, 0.25) is 0 Å². The largest absolute Gasteiger partial charge is 0.342 e. The van der Waals surface area contributed by atoms with Crippen molar-refractivity contribution in [3.8, 4) is 0 Å². The predicted octanol–water partition coefficient (Wildman–Crippen LogP) is 0.997. The molecule has 0 aromatic rings. The molecule has 1 N–H and O–H groups in total. The first-order valence-corrected chi connectivity index (χ1v) is 5.76. The minimum Gasteiger partial charge on any atom is -0.342 e. The number of hydrogen-bond acceptors (Lipinski definition) is 2.